The Morgan fingerprint density at radius 1 is 0.398 bits per heavy atom. The van der Waals surface area contributed by atoms with Gasteiger partial charge >= 0.3 is 0 Å². The number of hydrogen-bond acceptors (Lipinski definition) is 17. The highest BCUT2D eigenvalue weighted by Crippen LogP contribution is 2.29. The van der Waals surface area contributed by atoms with E-state index in [1.807, 2.05) is 72.8 Å². The van der Waals surface area contributed by atoms with Crippen LogP contribution in [0.3, 0.4) is 0 Å². The van der Waals surface area contributed by atoms with Gasteiger partial charge in [0.1, 0.15) is 34.6 Å². The molecular weight excluding hydrogens is 1070 g/mol. The average molecular weight is 1140 g/mol. The molecule has 0 aliphatic rings. The molecule has 0 radical (unpaired) electrons. The van der Waals surface area contributed by atoms with Gasteiger partial charge in [0.2, 0.25) is 35.4 Å². The van der Waals surface area contributed by atoms with Crippen LogP contribution >= 0.6 is 0 Å². The summed E-state index contributed by atoms with van der Waals surface area (Å²) in [7, 11) is 9.33. The van der Waals surface area contributed by atoms with Crippen molar-refractivity contribution in [1.82, 2.24) is 40.4 Å². The maximum absolute atomic E-state index is 13.0. The van der Waals surface area contributed by atoms with Gasteiger partial charge in [-0.05, 0) is 110 Å². The van der Waals surface area contributed by atoms with Crippen LogP contribution in [0.1, 0.15) is 38.5 Å². The molecule has 0 fully saturated rings. The van der Waals surface area contributed by atoms with Crippen molar-refractivity contribution in [3.05, 3.63) is 109 Å². The van der Waals surface area contributed by atoms with Crippen LogP contribution < -0.4 is 40.2 Å². The minimum absolute atomic E-state index is 0.116. The van der Waals surface area contributed by atoms with E-state index >= 15 is 0 Å². The Kier molecular flexibility index (Phi) is 25.6. The average Bonchev–Trinajstić information content (AvgIpc) is 3.52. The SMILES string of the molecule is COc1ccc(-c2cc(NC(=O)CCC(=O)N(C)CC(=O)NCCCOCCOCCOCCCNC(=O)CN(C)C(=O)CCC(=O)Nc3cc(-c4ccc(OC)cc4)nc(-c4ccc(OC)cc4)n3)nc(-c3ccc(OC)cc3)n2)cc1. The molecule has 2 aromatic heterocycles. The zero-order valence-electron chi connectivity index (χ0n) is 47.7. The first-order chi connectivity index (χ1) is 40.2. The van der Waals surface area contributed by atoms with Gasteiger partial charge in [-0.15, -0.1) is 0 Å². The van der Waals surface area contributed by atoms with Gasteiger partial charge < -0.3 is 64.2 Å². The topological polar surface area (TPSA) is 273 Å². The van der Waals surface area contributed by atoms with Gasteiger partial charge in [0, 0.05) is 100 Å². The van der Waals surface area contributed by atoms with Crippen LogP contribution in [0.15, 0.2) is 109 Å². The predicted molar refractivity (Wildman–Crippen MR) is 311 cm³/mol. The summed E-state index contributed by atoms with van der Waals surface area (Å²) in [6, 6.07) is 32.4. The van der Waals surface area contributed by atoms with Crippen molar-refractivity contribution in [2.24, 2.45) is 0 Å². The highest BCUT2D eigenvalue weighted by molar-refractivity contribution is 5.95. The maximum Gasteiger partial charge on any atom is 0.239 e. The molecule has 0 aliphatic heterocycles. The molecule has 23 heteroatoms. The summed E-state index contributed by atoms with van der Waals surface area (Å²) in [5, 5.41) is 11.1. The molecule has 2 heterocycles. The van der Waals surface area contributed by atoms with Crippen molar-refractivity contribution in [2.75, 3.05) is 119 Å². The summed E-state index contributed by atoms with van der Waals surface area (Å²) in [6.45, 7) is 2.53. The van der Waals surface area contributed by atoms with Crippen molar-refractivity contribution in [2.45, 2.75) is 38.5 Å². The van der Waals surface area contributed by atoms with Crippen LogP contribution in [0.2, 0.25) is 0 Å². The van der Waals surface area contributed by atoms with E-state index in [-0.39, 0.29) is 74.0 Å². The number of carbonyl (C=O) groups is 6. The Balaban J connectivity index is 0.760. The molecule has 0 saturated heterocycles. The minimum atomic E-state index is -0.424. The number of nitrogens with zero attached hydrogens (tertiary/aromatic N) is 6. The number of aromatic nitrogens is 4. The van der Waals surface area contributed by atoms with Crippen LogP contribution in [0.5, 0.6) is 23.0 Å². The summed E-state index contributed by atoms with van der Waals surface area (Å²) >= 11 is 0. The molecule has 6 amide bonds. The van der Waals surface area contributed by atoms with Gasteiger partial charge in [-0.1, -0.05) is 0 Å². The third-order valence-corrected chi connectivity index (χ3v) is 12.5. The fourth-order valence-corrected chi connectivity index (χ4v) is 7.88. The Morgan fingerprint density at radius 3 is 1.04 bits per heavy atom. The number of anilines is 2. The zero-order valence-corrected chi connectivity index (χ0v) is 47.7. The van der Waals surface area contributed by atoms with Crippen LogP contribution in [0, 0.1) is 0 Å². The fraction of sp³-hybridized carbons (Fsp3) is 0.367. The molecule has 4 N–H and O–H groups in total. The Bertz CT molecular complexity index is 2720. The van der Waals surface area contributed by atoms with E-state index in [0.29, 0.717) is 123 Å². The molecule has 0 unspecified atom stereocenters. The third-order valence-electron chi connectivity index (χ3n) is 12.5. The van der Waals surface area contributed by atoms with Gasteiger partial charge in [-0.2, -0.15) is 0 Å². The van der Waals surface area contributed by atoms with Crippen LogP contribution in [0.4, 0.5) is 11.6 Å². The number of ether oxygens (including phenoxy) is 7. The number of amides is 6. The molecule has 0 aliphatic carbocycles. The highest BCUT2D eigenvalue weighted by atomic mass is 16.5. The van der Waals surface area contributed by atoms with Gasteiger partial charge in [0.25, 0.3) is 0 Å². The van der Waals surface area contributed by atoms with Crippen LogP contribution in [0.25, 0.3) is 45.3 Å². The molecule has 6 rings (SSSR count). The van der Waals surface area contributed by atoms with E-state index in [0.717, 1.165) is 11.1 Å². The van der Waals surface area contributed by atoms with E-state index < -0.39 is 11.8 Å². The lowest BCUT2D eigenvalue weighted by Crippen LogP contribution is -2.39. The van der Waals surface area contributed by atoms with E-state index in [2.05, 4.69) is 31.2 Å². The molecular formula is C60H72N10O13. The van der Waals surface area contributed by atoms with Crippen molar-refractivity contribution < 1.29 is 61.9 Å². The number of benzene rings is 4. The second-order valence-corrected chi connectivity index (χ2v) is 18.7. The fourth-order valence-electron chi connectivity index (χ4n) is 7.88. The predicted octanol–water partition coefficient (Wildman–Crippen LogP) is 6.09. The van der Waals surface area contributed by atoms with Gasteiger partial charge in [0.15, 0.2) is 11.6 Å². The highest BCUT2D eigenvalue weighted by Gasteiger charge is 2.19. The zero-order chi connectivity index (χ0) is 59.3. The largest absolute Gasteiger partial charge is 0.497 e. The molecule has 23 nitrogen and oxygen atoms in total. The molecule has 4 aromatic carbocycles. The minimum Gasteiger partial charge on any atom is -0.497 e. The second-order valence-electron chi connectivity index (χ2n) is 18.7. The Morgan fingerprint density at radius 2 is 0.711 bits per heavy atom. The first-order valence-electron chi connectivity index (χ1n) is 26.9. The number of carbonyl (C=O) groups excluding carboxylic acids is 6. The molecule has 0 atom stereocenters. The summed E-state index contributed by atoms with van der Waals surface area (Å²) in [5.41, 5.74) is 4.13. The molecule has 440 valence electrons. The summed E-state index contributed by atoms with van der Waals surface area (Å²) in [5.74, 6) is 1.74. The third kappa shape index (κ3) is 21.4. The van der Waals surface area contributed by atoms with E-state index in [9.17, 15) is 28.8 Å². The van der Waals surface area contributed by atoms with Gasteiger partial charge in [-0.3, -0.25) is 28.8 Å². The summed E-state index contributed by atoms with van der Waals surface area (Å²) in [6.07, 6.45) is 0.609. The molecule has 0 bridgehead atoms. The van der Waals surface area contributed by atoms with Crippen molar-refractivity contribution in [1.29, 1.82) is 0 Å². The van der Waals surface area contributed by atoms with E-state index in [4.69, 9.17) is 43.1 Å². The number of methoxy groups -OCH3 is 4. The second kappa shape index (κ2) is 33.6. The monoisotopic (exact) mass is 1140 g/mol. The van der Waals surface area contributed by atoms with Crippen molar-refractivity contribution in [3.8, 4) is 68.3 Å². The first kappa shape index (κ1) is 63.1. The molecule has 83 heavy (non-hydrogen) atoms. The lowest BCUT2D eigenvalue weighted by Gasteiger charge is -2.17. The van der Waals surface area contributed by atoms with E-state index in [1.54, 1.807) is 64.8 Å². The van der Waals surface area contributed by atoms with Crippen LogP contribution in [-0.2, 0) is 43.0 Å². The van der Waals surface area contributed by atoms with Gasteiger partial charge in [0.05, 0.1) is 79.3 Å². The lowest BCUT2D eigenvalue weighted by molar-refractivity contribution is -0.135. The molecule has 6 aromatic rings. The maximum atomic E-state index is 13.0. The smallest absolute Gasteiger partial charge is 0.239 e. The lowest BCUT2D eigenvalue weighted by atomic mass is 10.1. The quantitative estimate of drug-likeness (QED) is 0.0333. The standard InChI is InChI=1S/C60H72N10O13/c1-69(57(75)27-25-53(71)65-51-37-49(41-9-17-45(77-3)18-10-41)63-59(67-51)43-13-21-47(79-5)22-14-43)39-55(73)61-29-7-31-81-33-35-83-36-34-82-32-8-30-62-56(74)40-70(2)58(76)28-26-54(72)66-52-38-50(42-11-19-46(78-4)20-12-42)64-60(68-52)44-15-23-48(80-6)24-16-44/h9-24,37-38H,7-8,25-36,39-40H2,1-6H3,(H,61,73)(H,62,74)(H,63,65,67,71)(H,64,66,68,72). The van der Waals surface area contributed by atoms with Crippen LogP contribution in [-0.4, -0.2) is 174 Å². The van der Waals surface area contributed by atoms with E-state index in [1.165, 1.54) is 23.9 Å². The Hall–Kier alpha value is -9.06. The van der Waals surface area contributed by atoms with Crippen molar-refractivity contribution in [3.63, 3.8) is 0 Å². The number of rotatable bonds is 34. The Labute approximate surface area is 482 Å². The first-order valence-corrected chi connectivity index (χ1v) is 26.9. The normalized spacial score (nSPS) is 10.8. The number of likely N-dealkylation sites (N-methyl/N-ethyl adjacent to an activating group) is 2. The number of nitrogens with one attached hydrogen (secondary N) is 4. The summed E-state index contributed by atoms with van der Waals surface area (Å²) in [4.78, 5) is 98.1. The molecule has 0 spiro atoms. The van der Waals surface area contributed by atoms with Crippen molar-refractivity contribution >= 4 is 47.1 Å². The van der Waals surface area contributed by atoms with Gasteiger partial charge in [-0.25, -0.2) is 19.9 Å². The molecule has 0 saturated carbocycles. The number of hydrogen-bond donors (Lipinski definition) is 4. The summed E-state index contributed by atoms with van der Waals surface area (Å²) < 4.78 is 37.9.